The maximum atomic E-state index is 12.9. The molecule has 1 aliphatic carbocycles. The topological polar surface area (TPSA) is 78.5 Å². The van der Waals surface area contributed by atoms with Crippen LogP contribution in [0.25, 0.3) is 0 Å². The summed E-state index contributed by atoms with van der Waals surface area (Å²) in [5, 5.41) is 5.95. The molecule has 2 aromatic rings. The third-order valence-corrected chi connectivity index (χ3v) is 5.93. The quantitative estimate of drug-likeness (QED) is 0.797. The molecule has 1 atom stereocenters. The van der Waals surface area contributed by atoms with Crippen molar-refractivity contribution in [2.75, 3.05) is 16.8 Å². The molecule has 1 heterocycles. The van der Waals surface area contributed by atoms with Gasteiger partial charge in [0.15, 0.2) is 0 Å². The lowest BCUT2D eigenvalue weighted by Gasteiger charge is -2.18. The Morgan fingerprint density at radius 3 is 2.57 bits per heavy atom. The van der Waals surface area contributed by atoms with Gasteiger partial charge in [0.25, 0.3) is 5.91 Å². The molecule has 1 saturated heterocycles. The first kappa shape index (κ1) is 20.1. The van der Waals surface area contributed by atoms with E-state index in [1.807, 2.05) is 31.2 Å². The van der Waals surface area contributed by atoms with E-state index >= 15 is 0 Å². The van der Waals surface area contributed by atoms with Gasteiger partial charge in [-0.1, -0.05) is 37.1 Å². The zero-order valence-electron chi connectivity index (χ0n) is 17.2. The lowest BCUT2D eigenvalue weighted by atomic mass is 10.1. The molecule has 156 valence electrons. The number of carbonyl (C=O) groups excluding carboxylic acids is 3. The molecule has 2 fully saturated rings. The standard InChI is InChI=1S/C24H27N3O3/c1-16-7-6-10-19(13-16)27-15-17(14-22(27)28)23(29)26-21-12-5-4-11-20(21)24(30)25-18-8-2-3-9-18/h4-7,10-13,17-18H,2-3,8-9,14-15H2,1H3,(H,25,30)(H,26,29)/t17-/m1/s1. The van der Waals surface area contributed by atoms with Gasteiger partial charge in [0.1, 0.15) is 0 Å². The summed E-state index contributed by atoms with van der Waals surface area (Å²) in [5.74, 6) is -0.918. The first-order valence-electron chi connectivity index (χ1n) is 10.6. The molecule has 0 unspecified atom stereocenters. The van der Waals surface area contributed by atoms with Gasteiger partial charge in [0, 0.05) is 24.7 Å². The number of nitrogens with one attached hydrogen (secondary N) is 2. The minimum atomic E-state index is -0.455. The van der Waals surface area contributed by atoms with Crippen LogP contribution in [0.5, 0.6) is 0 Å². The van der Waals surface area contributed by atoms with Gasteiger partial charge in [-0.25, -0.2) is 0 Å². The highest BCUT2D eigenvalue weighted by atomic mass is 16.2. The molecular weight excluding hydrogens is 378 g/mol. The summed E-state index contributed by atoms with van der Waals surface area (Å²) in [6.07, 6.45) is 4.43. The van der Waals surface area contributed by atoms with E-state index < -0.39 is 5.92 Å². The summed E-state index contributed by atoms with van der Waals surface area (Å²) in [6.45, 7) is 2.31. The minimum absolute atomic E-state index is 0.0620. The molecule has 6 heteroatoms. The van der Waals surface area contributed by atoms with Crippen molar-refractivity contribution in [3.63, 3.8) is 0 Å². The molecule has 4 rings (SSSR count). The summed E-state index contributed by atoms with van der Waals surface area (Å²) in [4.78, 5) is 39.8. The van der Waals surface area contributed by atoms with E-state index in [4.69, 9.17) is 0 Å². The predicted molar refractivity (Wildman–Crippen MR) is 116 cm³/mol. The molecule has 2 aromatic carbocycles. The molecule has 0 spiro atoms. The van der Waals surface area contributed by atoms with Crippen molar-refractivity contribution < 1.29 is 14.4 Å². The van der Waals surface area contributed by atoms with E-state index in [2.05, 4.69) is 10.6 Å². The number of carbonyl (C=O) groups is 3. The van der Waals surface area contributed by atoms with Gasteiger partial charge in [-0.15, -0.1) is 0 Å². The molecule has 2 aliphatic rings. The summed E-state index contributed by atoms with van der Waals surface area (Å²) >= 11 is 0. The zero-order valence-corrected chi connectivity index (χ0v) is 17.2. The molecule has 30 heavy (non-hydrogen) atoms. The second-order valence-corrected chi connectivity index (χ2v) is 8.23. The Labute approximate surface area is 176 Å². The number of hydrogen-bond donors (Lipinski definition) is 2. The minimum Gasteiger partial charge on any atom is -0.349 e. The van der Waals surface area contributed by atoms with Crippen molar-refractivity contribution in [2.24, 2.45) is 5.92 Å². The highest BCUT2D eigenvalue weighted by Gasteiger charge is 2.35. The van der Waals surface area contributed by atoms with Crippen molar-refractivity contribution in [3.8, 4) is 0 Å². The van der Waals surface area contributed by atoms with Crippen LogP contribution in [0, 0.1) is 12.8 Å². The fourth-order valence-electron chi connectivity index (χ4n) is 4.29. The number of para-hydroxylation sites is 1. The number of nitrogens with zero attached hydrogens (tertiary/aromatic N) is 1. The summed E-state index contributed by atoms with van der Waals surface area (Å²) in [6, 6.07) is 15.0. The number of anilines is 2. The van der Waals surface area contributed by atoms with Gasteiger partial charge in [-0.3, -0.25) is 14.4 Å². The van der Waals surface area contributed by atoms with Crippen molar-refractivity contribution in [3.05, 3.63) is 59.7 Å². The number of benzene rings is 2. The Morgan fingerprint density at radius 2 is 1.80 bits per heavy atom. The van der Waals surface area contributed by atoms with Crippen molar-refractivity contribution >= 4 is 29.1 Å². The van der Waals surface area contributed by atoms with Gasteiger partial charge in [0.05, 0.1) is 17.2 Å². The Balaban J connectivity index is 1.44. The second kappa shape index (κ2) is 8.69. The molecule has 1 aliphatic heterocycles. The number of amides is 3. The zero-order chi connectivity index (χ0) is 21.1. The van der Waals surface area contributed by atoms with E-state index in [9.17, 15) is 14.4 Å². The summed E-state index contributed by atoms with van der Waals surface area (Å²) in [7, 11) is 0. The highest BCUT2D eigenvalue weighted by molar-refractivity contribution is 6.07. The SMILES string of the molecule is Cc1cccc(N2C[C@H](C(=O)Nc3ccccc3C(=O)NC3CCCC3)CC2=O)c1. The third-order valence-electron chi connectivity index (χ3n) is 5.93. The van der Waals surface area contributed by atoms with Gasteiger partial charge in [0.2, 0.25) is 11.8 Å². The van der Waals surface area contributed by atoms with Gasteiger partial charge >= 0.3 is 0 Å². The van der Waals surface area contributed by atoms with Crippen LogP contribution in [-0.4, -0.2) is 30.3 Å². The first-order chi connectivity index (χ1) is 14.5. The average molecular weight is 405 g/mol. The Hall–Kier alpha value is -3.15. The Kier molecular flexibility index (Phi) is 5.84. The molecule has 0 radical (unpaired) electrons. The van der Waals surface area contributed by atoms with Crippen LogP contribution in [0.15, 0.2) is 48.5 Å². The molecular formula is C24H27N3O3. The normalized spacial score (nSPS) is 19.2. The van der Waals surface area contributed by atoms with Crippen LogP contribution in [0.3, 0.4) is 0 Å². The average Bonchev–Trinajstić information content (AvgIpc) is 3.38. The van der Waals surface area contributed by atoms with E-state index in [-0.39, 0.29) is 30.2 Å². The van der Waals surface area contributed by atoms with Crippen LogP contribution < -0.4 is 15.5 Å². The van der Waals surface area contributed by atoms with Gasteiger partial charge in [-0.2, -0.15) is 0 Å². The molecule has 2 N–H and O–H groups in total. The van der Waals surface area contributed by atoms with Crippen LogP contribution in [-0.2, 0) is 9.59 Å². The smallest absolute Gasteiger partial charge is 0.253 e. The van der Waals surface area contributed by atoms with Crippen LogP contribution >= 0.6 is 0 Å². The molecule has 0 aromatic heterocycles. The van der Waals surface area contributed by atoms with Crippen LogP contribution in [0.2, 0.25) is 0 Å². The number of hydrogen-bond acceptors (Lipinski definition) is 3. The summed E-state index contributed by atoms with van der Waals surface area (Å²) < 4.78 is 0. The van der Waals surface area contributed by atoms with Crippen LogP contribution in [0.1, 0.15) is 48.0 Å². The van der Waals surface area contributed by atoms with E-state index in [1.54, 1.807) is 29.2 Å². The molecule has 1 saturated carbocycles. The van der Waals surface area contributed by atoms with E-state index in [0.29, 0.717) is 17.8 Å². The lowest BCUT2D eigenvalue weighted by Crippen LogP contribution is -2.34. The molecule has 6 nitrogen and oxygen atoms in total. The first-order valence-corrected chi connectivity index (χ1v) is 10.6. The maximum Gasteiger partial charge on any atom is 0.253 e. The monoisotopic (exact) mass is 405 g/mol. The lowest BCUT2D eigenvalue weighted by molar-refractivity contribution is -0.122. The van der Waals surface area contributed by atoms with E-state index in [0.717, 1.165) is 36.9 Å². The predicted octanol–water partition coefficient (Wildman–Crippen LogP) is 3.66. The Bertz CT molecular complexity index is 966. The third kappa shape index (κ3) is 4.37. The number of rotatable bonds is 5. The Morgan fingerprint density at radius 1 is 1.03 bits per heavy atom. The largest absolute Gasteiger partial charge is 0.349 e. The second-order valence-electron chi connectivity index (χ2n) is 8.23. The van der Waals surface area contributed by atoms with Crippen LogP contribution in [0.4, 0.5) is 11.4 Å². The highest BCUT2D eigenvalue weighted by Crippen LogP contribution is 2.27. The van der Waals surface area contributed by atoms with Crippen molar-refractivity contribution in [1.82, 2.24) is 5.32 Å². The van der Waals surface area contributed by atoms with Gasteiger partial charge < -0.3 is 15.5 Å². The fraction of sp³-hybridized carbons (Fsp3) is 0.375. The number of aryl methyl sites for hydroxylation is 1. The maximum absolute atomic E-state index is 12.9. The van der Waals surface area contributed by atoms with Gasteiger partial charge in [-0.05, 0) is 49.6 Å². The molecule has 3 amide bonds. The van der Waals surface area contributed by atoms with Crippen molar-refractivity contribution in [2.45, 2.75) is 45.1 Å². The van der Waals surface area contributed by atoms with Crippen molar-refractivity contribution in [1.29, 1.82) is 0 Å². The fourth-order valence-corrected chi connectivity index (χ4v) is 4.29. The van der Waals surface area contributed by atoms with E-state index in [1.165, 1.54) is 0 Å². The molecule has 0 bridgehead atoms. The summed E-state index contributed by atoms with van der Waals surface area (Å²) in [5.41, 5.74) is 2.82.